The van der Waals surface area contributed by atoms with E-state index in [0.717, 1.165) is 16.9 Å². The van der Waals surface area contributed by atoms with Crippen LogP contribution in [0.1, 0.15) is 29.3 Å². The Labute approximate surface area is 219 Å². The molecule has 5 rings (SSSR count). The number of esters is 2. The topological polar surface area (TPSA) is 119 Å². The van der Waals surface area contributed by atoms with Crippen LogP contribution in [0.4, 0.5) is 5.69 Å². The molecule has 0 radical (unpaired) electrons. The first-order chi connectivity index (χ1) is 18.4. The van der Waals surface area contributed by atoms with Crippen molar-refractivity contribution in [1.29, 1.82) is 0 Å². The van der Waals surface area contributed by atoms with Crippen LogP contribution in [0.3, 0.4) is 0 Å². The van der Waals surface area contributed by atoms with Gasteiger partial charge < -0.3 is 14.8 Å². The molecule has 5 atom stereocenters. The van der Waals surface area contributed by atoms with Crippen LogP contribution >= 0.6 is 0 Å². The van der Waals surface area contributed by atoms with Crippen LogP contribution in [0.5, 0.6) is 0 Å². The number of rotatable bonds is 9. The largest absolute Gasteiger partial charge is 0.462 e. The molecule has 38 heavy (non-hydrogen) atoms. The number of carbonyl (C=O) groups excluding carboxylic acids is 5. The highest BCUT2D eigenvalue weighted by atomic mass is 16.5. The van der Waals surface area contributed by atoms with Gasteiger partial charge in [0.2, 0.25) is 11.8 Å². The summed E-state index contributed by atoms with van der Waals surface area (Å²) in [5.74, 6) is -3.43. The third kappa shape index (κ3) is 4.83. The molecule has 1 saturated heterocycles. The Morgan fingerprint density at radius 1 is 0.921 bits per heavy atom. The van der Waals surface area contributed by atoms with E-state index in [4.69, 9.17) is 9.47 Å². The molecule has 2 aromatic carbocycles. The standard InChI is InChI=1S/C29H28N2O7/c1-2-37-28(35)18-10-12-21(13-11-18)30-23(32)16-38-29(36)22(14-17-6-4-3-5-7-17)31-26(33)24-19-8-9-20(15-19)25(24)27(31)34/h3-13,19-20,22,24-25H,2,14-16H2,1H3,(H,30,32)/t19-,20-,22+,24-,25+/m0/s1. The molecule has 196 valence electrons. The number of hydrogen-bond acceptors (Lipinski definition) is 7. The van der Waals surface area contributed by atoms with Crippen molar-refractivity contribution in [1.82, 2.24) is 4.90 Å². The summed E-state index contributed by atoms with van der Waals surface area (Å²) in [7, 11) is 0. The zero-order valence-electron chi connectivity index (χ0n) is 20.9. The number of nitrogens with zero attached hydrogens (tertiary/aromatic N) is 1. The molecule has 2 bridgehead atoms. The number of fused-ring (bicyclic) bond motifs is 5. The fraction of sp³-hybridized carbons (Fsp3) is 0.345. The van der Waals surface area contributed by atoms with Gasteiger partial charge in [-0.2, -0.15) is 0 Å². The Hall–Kier alpha value is -4.27. The molecule has 9 heteroatoms. The zero-order chi connectivity index (χ0) is 26.8. The predicted octanol–water partition coefficient (Wildman–Crippen LogP) is 2.76. The molecular weight excluding hydrogens is 488 g/mol. The number of ether oxygens (including phenoxy) is 2. The van der Waals surface area contributed by atoms with Crippen molar-refractivity contribution in [2.75, 3.05) is 18.5 Å². The SMILES string of the molecule is CCOC(=O)c1ccc(NC(=O)COC(=O)[C@@H](Cc2ccccc2)N2C(=O)[C@@H]3[C@H](C2=O)[C@H]2C=C[C@H]3C2)cc1. The summed E-state index contributed by atoms with van der Waals surface area (Å²) in [5.41, 5.74) is 1.51. The molecule has 1 saturated carbocycles. The van der Waals surface area contributed by atoms with E-state index in [-0.39, 0.29) is 36.7 Å². The average Bonchev–Trinajstić information content (AvgIpc) is 3.61. The molecule has 0 unspecified atom stereocenters. The maximum absolute atomic E-state index is 13.4. The summed E-state index contributed by atoms with van der Waals surface area (Å²) in [6.07, 6.45) is 4.87. The minimum Gasteiger partial charge on any atom is -0.462 e. The Kier molecular flexibility index (Phi) is 7.09. The minimum absolute atomic E-state index is 0.0147. The summed E-state index contributed by atoms with van der Waals surface area (Å²) in [5, 5.41) is 2.60. The number of imide groups is 1. The highest BCUT2D eigenvalue weighted by Crippen LogP contribution is 2.53. The maximum Gasteiger partial charge on any atom is 0.338 e. The van der Waals surface area contributed by atoms with Crippen molar-refractivity contribution >= 4 is 35.3 Å². The van der Waals surface area contributed by atoms with E-state index in [0.29, 0.717) is 11.3 Å². The van der Waals surface area contributed by atoms with Crippen LogP contribution in [0.15, 0.2) is 66.7 Å². The lowest BCUT2D eigenvalue weighted by Crippen LogP contribution is -2.48. The molecule has 3 aliphatic rings. The molecule has 1 heterocycles. The number of carbonyl (C=O) groups is 5. The first-order valence-electron chi connectivity index (χ1n) is 12.7. The summed E-state index contributed by atoms with van der Waals surface area (Å²) >= 11 is 0. The molecule has 0 spiro atoms. The number of amides is 3. The van der Waals surface area contributed by atoms with E-state index in [9.17, 15) is 24.0 Å². The lowest BCUT2D eigenvalue weighted by atomic mass is 9.85. The fourth-order valence-corrected chi connectivity index (χ4v) is 5.68. The quantitative estimate of drug-likeness (QED) is 0.309. The third-order valence-electron chi connectivity index (χ3n) is 7.39. The number of likely N-dealkylation sites (tertiary alicyclic amines) is 1. The molecule has 2 aromatic rings. The van der Waals surface area contributed by atoms with Gasteiger partial charge in [-0.15, -0.1) is 0 Å². The summed E-state index contributed by atoms with van der Waals surface area (Å²) in [4.78, 5) is 65.3. The molecule has 3 amide bonds. The predicted molar refractivity (Wildman–Crippen MR) is 135 cm³/mol. The van der Waals surface area contributed by atoms with Crippen molar-refractivity contribution in [3.05, 3.63) is 77.9 Å². The lowest BCUT2D eigenvalue weighted by molar-refractivity contribution is -0.160. The average molecular weight is 517 g/mol. The maximum atomic E-state index is 13.4. The monoisotopic (exact) mass is 516 g/mol. The third-order valence-corrected chi connectivity index (χ3v) is 7.39. The second-order valence-electron chi connectivity index (χ2n) is 9.71. The lowest BCUT2D eigenvalue weighted by Gasteiger charge is -2.26. The van der Waals surface area contributed by atoms with Crippen LogP contribution < -0.4 is 5.32 Å². The smallest absolute Gasteiger partial charge is 0.338 e. The fourth-order valence-electron chi connectivity index (χ4n) is 5.68. The number of benzene rings is 2. The van der Waals surface area contributed by atoms with Crippen LogP contribution in [-0.4, -0.2) is 53.8 Å². The normalized spacial score (nSPS) is 23.8. The first-order valence-corrected chi connectivity index (χ1v) is 12.7. The Bertz CT molecular complexity index is 1260. The zero-order valence-corrected chi connectivity index (χ0v) is 20.9. The second kappa shape index (κ2) is 10.6. The second-order valence-corrected chi connectivity index (χ2v) is 9.71. The van der Waals surface area contributed by atoms with Gasteiger partial charge in [0.25, 0.3) is 5.91 Å². The summed E-state index contributed by atoms with van der Waals surface area (Å²) in [6.45, 7) is 1.36. The van der Waals surface area contributed by atoms with Gasteiger partial charge in [-0.05, 0) is 55.0 Å². The van der Waals surface area contributed by atoms with E-state index in [1.165, 1.54) is 24.3 Å². The number of anilines is 1. The van der Waals surface area contributed by atoms with Crippen LogP contribution in [0, 0.1) is 23.7 Å². The summed E-state index contributed by atoms with van der Waals surface area (Å²) < 4.78 is 10.3. The van der Waals surface area contributed by atoms with Gasteiger partial charge in [-0.1, -0.05) is 42.5 Å². The van der Waals surface area contributed by atoms with E-state index >= 15 is 0 Å². The van der Waals surface area contributed by atoms with E-state index < -0.39 is 42.3 Å². The summed E-state index contributed by atoms with van der Waals surface area (Å²) in [6, 6.07) is 14.0. The highest BCUT2D eigenvalue weighted by Gasteiger charge is 2.61. The number of allylic oxidation sites excluding steroid dienone is 2. The van der Waals surface area contributed by atoms with E-state index in [1.54, 1.807) is 6.92 Å². The number of hydrogen-bond donors (Lipinski definition) is 1. The molecule has 2 aliphatic carbocycles. The van der Waals surface area contributed by atoms with Crippen molar-refractivity contribution < 1.29 is 33.4 Å². The van der Waals surface area contributed by atoms with Crippen molar-refractivity contribution in [2.45, 2.75) is 25.8 Å². The first kappa shape index (κ1) is 25.4. The van der Waals surface area contributed by atoms with Gasteiger partial charge in [0, 0.05) is 12.1 Å². The Balaban J connectivity index is 1.26. The van der Waals surface area contributed by atoms with Gasteiger partial charge in [0.15, 0.2) is 6.61 Å². The molecule has 1 N–H and O–H groups in total. The van der Waals surface area contributed by atoms with Crippen molar-refractivity contribution in [3.8, 4) is 0 Å². The highest BCUT2D eigenvalue weighted by molar-refractivity contribution is 6.09. The number of nitrogens with one attached hydrogen (secondary N) is 1. The van der Waals surface area contributed by atoms with Crippen molar-refractivity contribution in [3.63, 3.8) is 0 Å². The van der Waals surface area contributed by atoms with Gasteiger partial charge in [-0.25, -0.2) is 9.59 Å². The van der Waals surface area contributed by atoms with Crippen LogP contribution in [0.2, 0.25) is 0 Å². The van der Waals surface area contributed by atoms with Gasteiger partial charge in [-0.3, -0.25) is 19.3 Å². The van der Waals surface area contributed by atoms with Crippen molar-refractivity contribution in [2.24, 2.45) is 23.7 Å². The van der Waals surface area contributed by atoms with E-state index in [1.807, 2.05) is 42.5 Å². The Morgan fingerprint density at radius 3 is 2.16 bits per heavy atom. The molecule has 9 nitrogen and oxygen atoms in total. The Morgan fingerprint density at radius 2 is 1.55 bits per heavy atom. The van der Waals surface area contributed by atoms with E-state index in [2.05, 4.69) is 5.32 Å². The van der Waals surface area contributed by atoms with Gasteiger partial charge in [0.1, 0.15) is 6.04 Å². The van der Waals surface area contributed by atoms with Gasteiger partial charge in [0.05, 0.1) is 24.0 Å². The minimum atomic E-state index is -1.17. The molecule has 0 aromatic heterocycles. The van der Waals surface area contributed by atoms with Crippen LogP contribution in [0.25, 0.3) is 0 Å². The molecular formula is C29H28N2O7. The molecule has 1 aliphatic heterocycles. The van der Waals surface area contributed by atoms with Crippen LogP contribution in [-0.2, 0) is 35.1 Å². The molecule has 2 fully saturated rings. The van der Waals surface area contributed by atoms with Gasteiger partial charge >= 0.3 is 11.9 Å².